The Morgan fingerprint density at radius 3 is 2.80 bits per heavy atom. The molecule has 2 aromatic rings. The highest BCUT2D eigenvalue weighted by atomic mass is 35.5. The summed E-state index contributed by atoms with van der Waals surface area (Å²) in [5.74, 6) is -0.380. The van der Waals surface area contributed by atoms with Gasteiger partial charge in [-0.15, -0.1) is 0 Å². The quantitative estimate of drug-likeness (QED) is 0.351. The summed E-state index contributed by atoms with van der Waals surface area (Å²) in [6.45, 7) is 0.408. The molecule has 0 saturated carbocycles. The summed E-state index contributed by atoms with van der Waals surface area (Å²) in [4.78, 5) is 0. The van der Waals surface area contributed by atoms with Crippen LogP contribution in [0.15, 0.2) is 47.6 Å². The minimum absolute atomic E-state index is 0.0320. The topological polar surface area (TPSA) is 70.6 Å². The first-order chi connectivity index (χ1) is 9.60. The Morgan fingerprint density at radius 2 is 2.10 bits per heavy atom. The van der Waals surface area contributed by atoms with Gasteiger partial charge in [-0.2, -0.15) is 0 Å². The van der Waals surface area contributed by atoms with Crippen LogP contribution >= 0.6 is 11.6 Å². The standard InChI is InChI=1S/C14H13ClFN3O/c15-11-4-5-13(12(16)7-11)18-8-9-2-1-3-10(6-9)14(17)19-20/h1-7,18,20H,8H2,(H2,17,19). The molecular weight excluding hydrogens is 281 g/mol. The largest absolute Gasteiger partial charge is 0.409 e. The highest BCUT2D eigenvalue weighted by Gasteiger charge is 2.04. The van der Waals surface area contributed by atoms with Crippen LogP contribution in [-0.2, 0) is 6.54 Å². The van der Waals surface area contributed by atoms with Crippen molar-refractivity contribution in [3.05, 3.63) is 64.4 Å². The van der Waals surface area contributed by atoms with Gasteiger partial charge in [0.2, 0.25) is 0 Å². The second kappa shape index (κ2) is 6.25. The van der Waals surface area contributed by atoms with Crippen molar-refractivity contribution in [2.75, 3.05) is 5.32 Å². The van der Waals surface area contributed by atoms with Gasteiger partial charge in [-0.1, -0.05) is 35.0 Å². The number of nitrogens with zero attached hydrogens (tertiary/aromatic N) is 1. The van der Waals surface area contributed by atoms with E-state index in [-0.39, 0.29) is 5.84 Å². The number of benzene rings is 2. The minimum Gasteiger partial charge on any atom is -0.409 e. The second-order valence-electron chi connectivity index (χ2n) is 4.16. The maximum absolute atomic E-state index is 13.6. The third-order valence-electron chi connectivity index (χ3n) is 2.74. The predicted molar refractivity (Wildman–Crippen MR) is 77.7 cm³/mol. The molecule has 104 valence electrons. The van der Waals surface area contributed by atoms with Crippen LogP contribution in [0.25, 0.3) is 0 Å². The highest BCUT2D eigenvalue weighted by molar-refractivity contribution is 6.30. The average Bonchev–Trinajstić information content (AvgIpc) is 2.46. The van der Waals surface area contributed by atoms with Crippen molar-refractivity contribution in [2.24, 2.45) is 10.9 Å². The first-order valence-electron chi connectivity index (χ1n) is 5.86. The van der Waals surface area contributed by atoms with Crippen LogP contribution in [0.2, 0.25) is 5.02 Å². The SMILES string of the molecule is NC(=NO)c1cccc(CNc2ccc(Cl)cc2F)c1. The molecule has 2 rings (SSSR count). The Kier molecular flexibility index (Phi) is 4.42. The van der Waals surface area contributed by atoms with Gasteiger partial charge in [0.1, 0.15) is 5.82 Å². The first-order valence-corrected chi connectivity index (χ1v) is 6.23. The van der Waals surface area contributed by atoms with Crippen molar-refractivity contribution in [1.82, 2.24) is 0 Å². The summed E-state index contributed by atoms with van der Waals surface area (Å²) in [5, 5.41) is 14.9. The van der Waals surface area contributed by atoms with Crippen LogP contribution in [0.3, 0.4) is 0 Å². The van der Waals surface area contributed by atoms with Crippen molar-refractivity contribution in [2.45, 2.75) is 6.54 Å². The smallest absolute Gasteiger partial charge is 0.170 e. The number of hydrogen-bond donors (Lipinski definition) is 3. The molecule has 0 heterocycles. The molecule has 0 aliphatic carbocycles. The van der Waals surface area contributed by atoms with Gasteiger partial charge in [-0.3, -0.25) is 0 Å². The Balaban J connectivity index is 2.11. The number of oxime groups is 1. The zero-order valence-corrected chi connectivity index (χ0v) is 11.2. The number of rotatable bonds is 4. The summed E-state index contributed by atoms with van der Waals surface area (Å²) in [6.07, 6.45) is 0. The van der Waals surface area contributed by atoms with Crippen molar-refractivity contribution < 1.29 is 9.60 Å². The van der Waals surface area contributed by atoms with E-state index in [0.717, 1.165) is 5.56 Å². The maximum Gasteiger partial charge on any atom is 0.170 e. The minimum atomic E-state index is -0.412. The van der Waals surface area contributed by atoms with Crippen molar-refractivity contribution in [3.63, 3.8) is 0 Å². The molecule has 0 spiro atoms. The van der Waals surface area contributed by atoms with Crippen LogP contribution < -0.4 is 11.1 Å². The zero-order chi connectivity index (χ0) is 14.5. The molecule has 0 radical (unpaired) electrons. The number of nitrogens with two attached hydrogens (primary N) is 1. The van der Waals surface area contributed by atoms with Gasteiger partial charge in [0, 0.05) is 17.1 Å². The fourth-order valence-electron chi connectivity index (χ4n) is 1.73. The number of amidine groups is 1. The Labute approximate surface area is 120 Å². The van der Waals surface area contributed by atoms with Crippen molar-refractivity contribution in [1.29, 1.82) is 0 Å². The molecule has 0 saturated heterocycles. The zero-order valence-electron chi connectivity index (χ0n) is 10.5. The van der Waals surface area contributed by atoms with E-state index in [9.17, 15) is 4.39 Å². The molecular formula is C14H13ClFN3O. The summed E-state index contributed by atoms with van der Waals surface area (Å²) in [5.41, 5.74) is 7.36. The van der Waals surface area contributed by atoms with Crippen LogP contribution in [0.5, 0.6) is 0 Å². The van der Waals surface area contributed by atoms with Crippen LogP contribution in [0, 0.1) is 5.82 Å². The second-order valence-corrected chi connectivity index (χ2v) is 4.60. The van der Waals surface area contributed by atoms with E-state index in [1.165, 1.54) is 6.07 Å². The molecule has 6 heteroatoms. The molecule has 0 aromatic heterocycles. The molecule has 2 aromatic carbocycles. The molecule has 0 bridgehead atoms. The van der Waals surface area contributed by atoms with E-state index < -0.39 is 5.82 Å². The van der Waals surface area contributed by atoms with Gasteiger partial charge in [0.15, 0.2) is 5.84 Å². The number of nitrogens with one attached hydrogen (secondary N) is 1. The lowest BCUT2D eigenvalue weighted by atomic mass is 10.1. The predicted octanol–water partition coefficient (Wildman–Crippen LogP) is 3.19. The van der Waals surface area contributed by atoms with E-state index in [2.05, 4.69) is 10.5 Å². The first kappa shape index (κ1) is 14.1. The fourth-order valence-corrected chi connectivity index (χ4v) is 1.89. The Bertz CT molecular complexity index is 646. The summed E-state index contributed by atoms with van der Waals surface area (Å²) in [6, 6.07) is 11.6. The molecule has 0 aliphatic heterocycles. The van der Waals surface area contributed by atoms with Crippen LogP contribution in [0.4, 0.5) is 10.1 Å². The molecule has 0 unspecified atom stereocenters. The van der Waals surface area contributed by atoms with Gasteiger partial charge in [-0.25, -0.2) is 4.39 Å². The van der Waals surface area contributed by atoms with E-state index in [1.54, 1.807) is 30.3 Å². The lowest BCUT2D eigenvalue weighted by Crippen LogP contribution is -2.13. The third-order valence-corrected chi connectivity index (χ3v) is 2.98. The lowest BCUT2D eigenvalue weighted by molar-refractivity contribution is 0.318. The van der Waals surface area contributed by atoms with E-state index >= 15 is 0 Å². The van der Waals surface area contributed by atoms with Gasteiger partial charge in [0.25, 0.3) is 0 Å². The highest BCUT2D eigenvalue weighted by Crippen LogP contribution is 2.19. The lowest BCUT2D eigenvalue weighted by Gasteiger charge is -2.09. The Hall–Kier alpha value is -2.27. The maximum atomic E-state index is 13.6. The number of halogens is 2. The van der Waals surface area contributed by atoms with E-state index in [1.807, 2.05) is 6.07 Å². The van der Waals surface area contributed by atoms with E-state index in [0.29, 0.717) is 22.8 Å². The van der Waals surface area contributed by atoms with Crippen molar-refractivity contribution in [3.8, 4) is 0 Å². The van der Waals surface area contributed by atoms with Gasteiger partial charge < -0.3 is 16.3 Å². The molecule has 20 heavy (non-hydrogen) atoms. The van der Waals surface area contributed by atoms with E-state index in [4.69, 9.17) is 22.5 Å². The average molecular weight is 294 g/mol. The monoisotopic (exact) mass is 293 g/mol. The van der Waals surface area contributed by atoms with Crippen LogP contribution in [-0.4, -0.2) is 11.0 Å². The molecule has 4 nitrogen and oxygen atoms in total. The fraction of sp³-hybridized carbons (Fsp3) is 0.0714. The van der Waals surface area contributed by atoms with Gasteiger partial charge >= 0.3 is 0 Å². The molecule has 0 amide bonds. The van der Waals surface area contributed by atoms with Crippen molar-refractivity contribution >= 4 is 23.1 Å². The molecule has 4 N–H and O–H groups in total. The Morgan fingerprint density at radius 1 is 1.30 bits per heavy atom. The normalized spacial score (nSPS) is 11.4. The summed E-state index contributed by atoms with van der Waals surface area (Å²) < 4.78 is 13.6. The molecule has 0 fully saturated rings. The van der Waals surface area contributed by atoms with Gasteiger partial charge in [0.05, 0.1) is 5.69 Å². The van der Waals surface area contributed by atoms with Gasteiger partial charge in [-0.05, 0) is 29.8 Å². The summed E-state index contributed by atoms with van der Waals surface area (Å²) in [7, 11) is 0. The molecule has 0 atom stereocenters. The molecule has 0 aliphatic rings. The third kappa shape index (κ3) is 3.39. The number of anilines is 1. The summed E-state index contributed by atoms with van der Waals surface area (Å²) >= 11 is 5.69. The van der Waals surface area contributed by atoms with Crippen LogP contribution in [0.1, 0.15) is 11.1 Å². The number of hydrogen-bond acceptors (Lipinski definition) is 3.